The molecule has 12 heteroatoms. The van der Waals surface area contributed by atoms with Crippen molar-refractivity contribution in [3.05, 3.63) is 88.7 Å². The van der Waals surface area contributed by atoms with Crippen LogP contribution in [0.5, 0.6) is 0 Å². The normalized spacial score (nSPS) is 11.8. The lowest BCUT2D eigenvalue weighted by Crippen LogP contribution is -2.30. The zero-order valence-corrected chi connectivity index (χ0v) is 23.7. The molecule has 0 aliphatic heterocycles. The maximum atomic E-state index is 13.3. The van der Waals surface area contributed by atoms with Gasteiger partial charge >= 0.3 is 11.9 Å². The molecule has 0 atom stereocenters. The highest BCUT2D eigenvalue weighted by Gasteiger charge is 2.24. The molecule has 0 saturated carbocycles. The van der Waals surface area contributed by atoms with E-state index in [0.717, 1.165) is 11.3 Å². The van der Waals surface area contributed by atoms with E-state index in [1.54, 1.807) is 62.4 Å². The first-order valence-electron chi connectivity index (χ1n) is 12.3. The van der Waals surface area contributed by atoms with Gasteiger partial charge in [0.1, 0.15) is 6.54 Å². The molecular formula is C28H27N3O7S2. The van der Waals surface area contributed by atoms with E-state index in [2.05, 4.69) is 4.99 Å². The van der Waals surface area contributed by atoms with Crippen LogP contribution in [-0.4, -0.2) is 51.1 Å². The highest BCUT2D eigenvalue weighted by atomic mass is 32.2. The first kappa shape index (κ1) is 28.7. The average Bonchev–Trinajstić information content (AvgIpc) is 3.29. The Hall–Kier alpha value is -4.29. The van der Waals surface area contributed by atoms with Crippen LogP contribution in [0.15, 0.2) is 82.7 Å². The fourth-order valence-electron chi connectivity index (χ4n) is 3.98. The third-order valence-electron chi connectivity index (χ3n) is 5.93. The van der Waals surface area contributed by atoms with Crippen molar-refractivity contribution in [1.29, 1.82) is 0 Å². The standard InChI is InChI=1S/C28H27N3O7S2/c1-4-31(21-9-7-6-8-10-21)40(35,36)22-14-11-19(12-15-22)26(33)29-28-30(18-25(32)37-3)23-16-13-20(17-24(23)39-28)27(34)38-5-2/h6-17H,4-5,18H2,1-3H3. The summed E-state index contributed by atoms with van der Waals surface area (Å²) >= 11 is 1.12. The molecule has 0 aliphatic rings. The number of sulfonamides is 1. The molecule has 3 aromatic carbocycles. The van der Waals surface area contributed by atoms with Crippen molar-refractivity contribution >= 4 is 55.1 Å². The van der Waals surface area contributed by atoms with Crippen molar-refractivity contribution < 1.29 is 32.3 Å². The lowest BCUT2D eigenvalue weighted by Gasteiger charge is -2.22. The monoisotopic (exact) mass is 581 g/mol. The van der Waals surface area contributed by atoms with Gasteiger partial charge < -0.3 is 14.0 Å². The number of para-hydroxylation sites is 1. The maximum Gasteiger partial charge on any atom is 0.338 e. The molecule has 0 fully saturated rings. The fraction of sp³-hybridized carbons (Fsp3) is 0.214. The van der Waals surface area contributed by atoms with Crippen LogP contribution in [0.3, 0.4) is 0 Å². The molecule has 0 bridgehead atoms. The van der Waals surface area contributed by atoms with E-state index in [9.17, 15) is 22.8 Å². The predicted molar refractivity (Wildman–Crippen MR) is 151 cm³/mol. The van der Waals surface area contributed by atoms with Gasteiger partial charge in [0.05, 0.1) is 40.1 Å². The van der Waals surface area contributed by atoms with Crippen LogP contribution < -0.4 is 9.11 Å². The smallest absolute Gasteiger partial charge is 0.338 e. The van der Waals surface area contributed by atoms with Crippen molar-refractivity contribution in [2.45, 2.75) is 25.3 Å². The number of carbonyl (C=O) groups is 3. The molecule has 4 rings (SSSR count). The first-order chi connectivity index (χ1) is 19.2. The summed E-state index contributed by atoms with van der Waals surface area (Å²) < 4.78 is 39.8. The summed E-state index contributed by atoms with van der Waals surface area (Å²) in [4.78, 5) is 41.9. The molecule has 10 nitrogen and oxygen atoms in total. The summed E-state index contributed by atoms with van der Waals surface area (Å²) in [6.45, 7) is 3.70. The summed E-state index contributed by atoms with van der Waals surface area (Å²) in [6, 6.07) is 19.1. The van der Waals surface area contributed by atoms with Gasteiger partial charge in [-0.05, 0) is 68.4 Å². The summed E-state index contributed by atoms with van der Waals surface area (Å²) in [6.07, 6.45) is 0. The number of methoxy groups -OCH3 is 1. The number of aromatic nitrogens is 1. The number of thiazole rings is 1. The lowest BCUT2D eigenvalue weighted by atomic mass is 10.2. The van der Waals surface area contributed by atoms with Gasteiger partial charge in [0, 0.05) is 12.1 Å². The maximum absolute atomic E-state index is 13.3. The van der Waals surface area contributed by atoms with Crippen LogP contribution in [0.1, 0.15) is 34.6 Å². The molecule has 0 N–H and O–H groups in total. The van der Waals surface area contributed by atoms with E-state index < -0.39 is 27.9 Å². The largest absolute Gasteiger partial charge is 0.468 e. The molecule has 1 amide bonds. The fourth-order valence-corrected chi connectivity index (χ4v) is 6.52. The molecule has 40 heavy (non-hydrogen) atoms. The third-order valence-corrected chi connectivity index (χ3v) is 8.88. The Kier molecular flexibility index (Phi) is 8.80. The quantitative estimate of drug-likeness (QED) is 0.274. The Morgan fingerprint density at radius 3 is 2.25 bits per heavy atom. The number of carbonyl (C=O) groups excluding carboxylic acids is 3. The Morgan fingerprint density at radius 1 is 0.950 bits per heavy atom. The first-order valence-corrected chi connectivity index (χ1v) is 14.6. The van der Waals surface area contributed by atoms with Crippen LogP contribution in [0.4, 0.5) is 5.69 Å². The van der Waals surface area contributed by atoms with Gasteiger partial charge in [-0.2, -0.15) is 4.99 Å². The number of esters is 2. The number of rotatable bonds is 9. The van der Waals surface area contributed by atoms with Gasteiger partial charge in [0.2, 0.25) is 0 Å². The van der Waals surface area contributed by atoms with E-state index >= 15 is 0 Å². The molecule has 208 valence electrons. The zero-order chi connectivity index (χ0) is 28.9. The topological polar surface area (TPSA) is 124 Å². The van der Waals surface area contributed by atoms with E-state index in [0.29, 0.717) is 21.5 Å². The highest BCUT2D eigenvalue weighted by Crippen LogP contribution is 2.24. The minimum atomic E-state index is -3.86. The molecule has 0 unspecified atom stereocenters. The van der Waals surface area contributed by atoms with E-state index in [1.807, 2.05) is 0 Å². The van der Waals surface area contributed by atoms with Gasteiger partial charge in [0.25, 0.3) is 15.9 Å². The summed E-state index contributed by atoms with van der Waals surface area (Å²) in [5.74, 6) is -1.66. The number of hydrogen-bond acceptors (Lipinski definition) is 8. The van der Waals surface area contributed by atoms with Crippen molar-refractivity contribution in [2.75, 3.05) is 24.6 Å². The van der Waals surface area contributed by atoms with Crippen molar-refractivity contribution in [3.8, 4) is 0 Å². The van der Waals surface area contributed by atoms with E-state index in [1.165, 1.54) is 40.2 Å². The van der Waals surface area contributed by atoms with Crippen molar-refractivity contribution in [1.82, 2.24) is 4.57 Å². The molecule has 0 aliphatic carbocycles. The Bertz CT molecular complexity index is 1730. The van der Waals surface area contributed by atoms with Gasteiger partial charge in [-0.3, -0.25) is 13.9 Å². The highest BCUT2D eigenvalue weighted by molar-refractivity contribution is 7.92. The Labute approximate surface area is 235 Å². The molecule has 0 spiro atoms. The molecule has 1 heterocycles. The third kappa shape index (κ3) is 5.97. The molecule has 1 aromatic heterocycles. The van der Waals surface area contributed by atoms with Crippen LogP contribution in [-0.2, 0) is 30.8 Å². The van der Waals surface area contributed by atoms with Crippen molar-refractivity contribution in [3.63, 3.8) is 0 Å². The number of benzene rings is 3. The Morgan fingerprint density at radius 2 is 1.62 bits per heavy atom. The van der Waals surface area contributed by atoms with Crippen molar-refractivity contribution in [2.24, 2.45) is 4.99 Å². The lowest BCUT2D eigenvalue weighted by molar-refractivity contribution is -0.141. The van der Waals surface area contributed by atoms with E-state index in [-0.39, 0.29) is 35.0 Å². The number of fused-ring (bicyclic) bond motifs is 1. The van der Waals surface area contributed by atoms with Gasteiger partial charge in [-0.25, -0.2) is 13.2 Å². The number of nitrogens with zero attached hydrogens (tertiary/aromatic N) is 3. The number of hydrogen-bond donors (Lipinski definition) is 0. The molecule has 4 aromatic rings. The Balaban J connectivity index is 1.70. The summed E-state index contributed by atoms with van der Waals surface area (Å²) in [7, 11) is -2.61. The SMILES string of the molecule is CCOC(=O)c1ccc2c(c1)sc(=NC(=O)c1ccc(S(=O)(=O)N(CC)c3ccccc3)cc1)n2CC(=O)OC. The number of anilines is 1. The predicted octanol–water partition coefficient (Wildman–Crippen LogP) is 4.01. The van der Waals surface area contributed by atoms with Crippen LogP contribution in [0.2, 0.25) is 0 Å². The minimum Gasteiger partial charge on any atom is -0.468 e. The second kappa shape index (κ2) is 12.3. The average molecular weight is 582 g/mol. The zero-order valence-electron chi connectivity index (χ0n) is 22.1. The van der Waals surface area contributed by atoms with E-state index in [4.69, 9.17) is 9.47 Å². The molecular weight excluding hydrogens is 554 g/mol. The molecule has 0 radical (unpaired) electrons. The summed E-state index contributed by atoms with van der Waals surface area (Å²) in [5.41, 5.74) is 1.60. The van der Waals surface area contributed by atoms with Crippen LogP contribution >= 0.6 is 11.3 Å². The second-order valence-electron chi connectivity index (χ2n) is 8.40. The van der Waals surface area contributed by atoms with Gasteiger partial charge in [-0.1, -0.05) is 29.5 Å². The minimum absolute atomic E-state index is 0.0314. The molecule has 0 saturated heterocycles. The van der Waals surface area contributed by atoms with Gasteiger partial charge in [-0.15, -0.1) is 0 Å². The number of ether oxygens (including phenoxy) is 2. The van der Waals surface area contributed by atoms with Crippen LogP contribution in [0, 0.1) is 0 Å². The second-order valence-corrected chi connectivity index (χ2v) is 11.3. The van der Waals surface area contributed by atoms with Gasteiger partial charge in [0.15, 0.2) is 4.80 Å². The summed E-state index contributed by atoms with van der Waals surface area (Å²) in [5, 5.41) is 0. The van der Waals surface area contributed by atoms with Crippen LogP contribution in [0.25, 0.3) is 10.2 Å². The number of amides is 1.